The summed E-state index contributed by atoms with van der Waals surface area (Å²) in [6.45, 7) is 5.04. The van der Waals surface area contributed by atoms with Crippen LogP contribution in [0.5, 0.6) is 0 Å². The van der Waals surface area contributed by atoms with E-state index in [0.29, 0.717) is 12.1 Å². The van der Waals surface area contributed by atoms with Crippen LogP contribution in [0.2, 0.25) is 0 Å². The third-order valence-corrected chi connectivity index (χ3v) is 2.80. The molecule has 1 aromatic rings. The lowest BCUT2D eigenvalue weighted by atomic mass is 10.1. The Balaban J connectivity index is 1.92. The predicted molar refractivity (Wildman–Crippen MR) is 61.0 cm³/mol. The van der Waals surface area contributed by atoms with Crippen molar-refractivity contribution in [2.24, 2.45) is 0 Å². The van der Waals surface area contributed by atoms with Crippen molar-refractivity contribution in [1.29, 1.82) is 0 Å². The maximum Gasteiger partial charge on any atom is 0.126 e. The molecule has 1 aliphatic rings. The van der Waals surface area contributed by atoms with Crippen molar-refractivity contribution in [3.05, 3.63) is 23.9 Å². The fourth-order valence-electron chi connectivity index (χ4n) is 1.92. The quantitative estimate of drug-likeness (QED) is 0.824. The molecule has 15 heavy (non-hydrogen) atoms. The van der Waals surface area contributed by atoms with E-state index in [1.807, 2.05) is 12.3 Å². The van der Waals surface area contributed by atoms with E-state index in [-0.39, 0.29) is 0 Å². The van der Waals surface area contributed by atoms with Crippen LogP contribution >= 0.6 is 0 Å². The van der Waals surface area contributed by atoms with Crippen LogP contribution in [0.25, 0.3) is 0 Å². The van der Waals surface area contributed by atoms with Crippen molar-refractivity contribution >= 4 is 5.82 Å². The third kappa shape index (κ3) is 2.69. The molecule has 1 fully saturated rings. The zero-order valence-corrected chi connectivity index (χ0v) is 9.36. The number of nitrogens with one attached hydrogen (secondary N) is 1. The highest BCUT2D eigenvalue weighted by Gasteiger charge is 2.23. The molecule has 1 aliphatic heterocycles. The summed E-state index contributed by atoms with van der Waals surface area (Å²) in [6, 6.07) is 4.49. The van der Waals surface area contributed by atoms with Gasteiger partial charge in [-0.1, -0.05) is 6.92 Å². The van der Waals surface area contributed by atoms with Crippen LogP contribution in [0.1, 0.15) is 25.3 Å². The molecule has 1 aromatic heterocycles. The Kier molecular flexibility index (Phi) is 3.21. The Morgan fingerprint density at radius 1 is 1.60 bits per heavy atom. The number of pyridine rings is 1. The molecular weight excluding hydrogens is 188 g/mol. The number of aryl methyl sites for hydroxylation is 1. The van der Waals surface area contributed by atoms with Gasteiger partial charge in [-0.25, -0.2) is 4.98 Å². The number of nitrogens with zero attached hydrogens (tertiary/aromatic N) is 1. The molecule has 0 bridgehead atoms. The van der Waals surface area contributed by atoms with E-state index in [1.54, 1.807) is 0 Å². The second-order valence-electron chi connectivity index (χ2n) is 4.16. The first-order valence-corrected chi connectivity index (χ1v) is 5.58. The van der Waals surface area contributed by atoms with Gasteiger partial charge in [0.1, 0.15) is 5.82 Å². The van der Waals surface area contributed by atoms with Crippen LogP contribution in [-0.2, 0) is 4.74 Å². The predicted octanol–water partition coefficient (Wildman–Crippen LogP) is 2.37. The van der Waals surface area contributed by atoms with Gasteiger partial charge in [-0.05, 0) is 37.5 Å². The van der Waals surface area contributed by atoms with Crippen LogP contribution in [-0.4, -0.2) is 23.7 Å². The van der Waals surface area contributed by atoms with Gasteiger partial charge < -0.3 is 10.1 Å². The maximum absolute atomic E-state index is 5.63. The minimum absolute atomic E-state index is 0.421. The molecule has 0 spiro atoms. The highest BCUT2D eigenvalue weighted by atomic mass is 16.5. The summed E-state index contributed by atoms with van der Waals surface area (Å²) in [7, 11) is 0. The first kappa shape index (κ1) is 10.4. The lowest BCUT2D eigenvalue weighted by Gasteiger charge is -2.11. The van der Waals surface area contributed by atoms with Crippen molar-refractivity contribution < 1.29 is 4.74 Å². The molecule has 2 unspecified atom stereocenters. The van der Waals surface area contributed by atoms with E-state index in [2.05, 4.69) is 30.2 Å². The van der Waals surface area contributed by atoms with E-state index < -0.39 is 0 Å². The molecule has 3 heteroatoms. The molecule has 0 radical (unpaired) electrons. The lowest BCUT2D eigenvalue weighted by molar-refractivity contribution is 0.107. The summed E-state index contributed by atoms with van der Waals surface area (Å²) in [5.74, 6) is 0.959. The highest BCUT2D eigenvalue weighted by Crippen LogP contribution is 2.19. The SMILES string of the molecule is CCC1CC(Nc2cc(C)ccn2)CO1. The van der Waals surface area contributed by atoms with Gasteiger partial charge in [0.25, 0.3) is 0 Å². The smallest absolute Gasteiger partial charge is 0.126 e. The zero-order valence-electron chi connectivity index (χ0n) is 9.36. The lowest BCUT2D eigenvalue weighted by Crippen LogP contribution is -2.20. The normalized spacial score (nSPS) is 25.5. The average Bonchev–Trinajstić information content (AvgIpc) is 2.65. The summed E-state index contributed by atoms with van der Waals surface area (Å²) in [5.41, 5.74) is 1.23. The topological polar surface area (TPSA) is 34.2 Å². The van der Waals surface area contributed by atoms with Gasteiger partial charge >= 0.3 is 0 Å². The van der Waals surface area contributed by atoms with Crippen molar-refractivity contribution in [3.63, 3.8) is 0 Å². The van der Waals surface area contributed by atoms with Gasteiger partial charge in [0, 0.05) is 6.20 Å². The third-order valence-electron chi connectivity index (χ3n) is 2.80. The van der Waals surface area contributed by atoms with E-state index in [9.17, 15) is 0 Å². The largest absolute Gasteiger partial charge is 0.376 e. The second kappa shape index (κ2) is 4.62. The van der Waals surface area contributed by atoms with Crippen molar-refractivity contribution in [1.82, 2.24) is 4.98 Å². The van der Waals surface area contributed by atoms with Crippen LogP contribution in [0.3, 0.4) is 0 Å². The molecule has 1 N–H and O–H groups in total. The number of anilines is 1. The molecule has 0 amide bonds. The van der Waals surface area contributed by atoms with E-state index in [4.69, 9.17) is 4.74 Å². The van der Waals surface area contributed by atoms with Crippen LogP contribution < -0.4 is 5.32 Å². The fourth-order valence-corrected chi connectivity index (χ4v) is 1.92. The van der Waals surface area contributed by atoms with Gasteiger partial charge in [-0.3, -0.25) is 0 Å². The average molecular weight is 206 g/mol. The van der Waals surface area contributed by atoms with Gasteiger partial charge in [0.2, 0.25) is 0 Å². The standard InChI is InChI=1S/C12H18N2O/c1-3-11-7-10(8-15-11)14-12-6-9(2)4-5-13-12/h4-6,10-11H,3,7-8H2,1-2H3,(H,13,14). The Labute approximate surface area is 90.9 Å². The van der Waals surface area contributed by atoms with Gasteiger partial charge in [-0.15, -0.1) is 0 Å². The Morgan fingerprint density at radius 2 is 2.47 bits per heavy atom. The summed E-state index contributed by atoms with van der Waals surface area (Å²) >= 11 is 0. The molecule has 0 aromatic carbocycles. The first-order valence-electron chi connectivity index (χ1n) is 5.58. The second-order valence-corrected chi connectivity index (χ2v) is 4.16. The van der Waals surface area contributed by atoms with Crippen LogP contribution in [0.15, 0.2) is 18.3 Å². The molecule has 0 saturated carbocycles. The summed E-state index contributed by atoms with van der Waals surface area (Å²) in [6.07, 6.45) is 4.45. The van der Waals surface area contributed by atoms with Crippen molar-refractivity contribution in [2.75, 3.05) is 11.9 Å². The molecule has 2 atom stereocenters. The van der Waals surface area contributed by atoms with E-state index in [1.165, 1.54) is 5.56 Å². The Bertz CT molecular complexity index is 327. The number of rotatable bonds is 3. The molecule has 3 nitrogen and oxygen atoms in total. The molecule has 82 valence electrons. The molecule has 2 rings (SSSR count). The first-order chi connectivity index (χ1) is 7.28. The van der Waals surface area contributed by atoms with Crippen molar-refractivity contribution in [3.8, 4) is 0 Å². The number of hydrogen-bond acceptors (Lipinski definition) is 3. The van der Waals surface area contributed by atoms with Gasteiger partial charge in [0.15, 0.2) is 0 Å². The monoisotopic (exact) mass is 206 g/mol. The minimum Gasteiger partial charge on any atom is -0.376 e. The minimum atomic E-state index is 0.421. The zero-order chi connectivity index (χ0) is 10.7. The molecular formula is C12H18N2O. The number of aromatic nitrogens is 1. The number of ether oxygens (including phenoxy) is 1. The summed E-state index contributed by atoms with van der Waals surface area (Å²) < 4.78 is 5.63. The fraction of sp³-hybridized carbons (Fsp3) is 0.583. The van der Waals surface area contributed by atoms with Gasteiger partial charge in [-0.2, -0.15) is 0 Å². The molecule has 2 heterocycles. The van der Waals surface area contributed by atoms with E-state index in [0.717, 1.165) is 25.3 Å². The summed E-state index contributed by atoms with van der Waals surface area (Å²) in [4.78, 5) is 4.29. The molecule has 1 saturated heterocycles. The molecule has 0 aliphatic carbocycles. The summed E-state index contributed by atoms with van der Waals surface area (Å²) in [5, 5.41) is 3.41. The Morgan fingerprint density at radius 3 is 3.13 bits per heavy atom. The maximum atomic E-state index is 5.63. The highest BCUT2D eigenvalue weighted by molar-refractivity contribution is 5.38. The van der Waals surface area contributed by atoms with Crippen molar-refractivity contribution in [2.45, 2.75) is 38.8 Å². The van der Waals surface area contributed by atoms with E-state index >= 15 is 0 Å². The Hall–Kier alpha value is -1.09. The van der Waals surface area contributed by atoms with Crippen LogP contribution in [0, 0.1) is 6.92 Å². The van der Waals surface area contributed by atoms with Crippen LogP contribution in [0.4, 0.5) is 5.82 Å². The number of hydrogen-bond donors (Lipinski definition) is 1. The van der Waals surface area contributed by atoms with Gasteiger partial charge in [0.05, 0.1) is 18.8 Å².